The van der Waals surface area contributed by atoms with E-state index in [1.165, 1.54) is 6.08 Å². The number of likely N-dealkylation sites (N-methyl/N-ethyl adjacent to an activating group) is 1. The third kappa shape index (κ3) is 2.84. The van der Waals surface area contributed by atoms with Gasteiger partial charge < -0.3 is 4.90 Å². The molecule has 21 heavy (non-hydrogen) atoms. The molecule has 1 aliphatic heterocycles. The number of nitrogens with zero attached hydrogens (tertiary/aromatic N) is 2. The summed E-state index contributed by atoms with van der Waals surface area (Å²) >= 11 is 0. The van der Waals surface area contributed by atoms with Gasteiger partial charge in [-0.2, -0.15) is 0 Å². The SMILES string of the molecule is CC1=CC(=O)N(C)[C@H](C(C)(C)C)N1C(=O)c1ccccc1. The third-order valence-electron chi connectivity index (χ3n) is 3.69. The van der Waals surface area contributed by atoms with E-state index in [0.29, 0.717) is 11.3 Å². The monoisotopic (exact) mass is 286 g/mol. The van der Waals surface area contributed by atoms with Crippen molar-refractivity contribution in [3.63, 3.8) is 0 Å². The molecule has 2 rings (SSSR count). The minimum absolute atomic E-state index is 0.0652. The summed E-state index contributed by atoms with van der Waals surface area (Å²) < 4.78 is 0. The van der Waals surface area contributed by atoms with Gasteiger partial charge in [0.1, 0.15) is 6.17 Å². The van der Waals surface area contributed by atoms with E-state index in [0.717, 1.165) is 0 Å². The molecule has 0 N–H and O–H groups in total. The van der Waals surface area contributed by atoms with Crippen LogP contribution in [0.2, 0.25) is 0 Å². The van der Waals surface area contributed by atoms with Crippen molar-refractivity contribution >= 4 is 11.8 Å². The molecule has 1 aliphatic rings. The number of rotatable bonds is 1. The van der Waals surface area contributed by atoms with E-state index in [1.54, 1.807) is 29.0 Å². The van der Waals surface area contributed by atoms with Gasteiger partial charge in [-0.1, -0.05) is 39.0 Å². The fourth-order valence-electron chi connectivity index (χ4n) is 2.80. The van der Waals surface area contributed by atoms with E-state index in [-0.39, 0.29) is 23.4 Å². The topological polar surface area (TPSA) is 40.6 Å². The molecule has 4 heteroatoms. The van der Waals surface area contributed by atoms with E-state index in [9.17, 15) is 9.59 Å². The van der Waals surface area contributed by atoms with E-state index in [4.69, 9.17) is 0 Å². The number of carbonyl (C=O) groups excluding carboxylic acids is 2. The molecule has 0 saturated carbocycles. The van der Waals surface area contributed by atoms with E-state index < -0.39 is 0 Å². The van der Waals surface area contributed by atoms with Gasteiger partial charge in [0, 0.05) is 29.8 Å². The fraction of sp³-hybridized carbons (Fsp3) is 0.412. The fourth-order valence-corrected chi connectivity index (χ4v) is 2.80. The summed E-state index contributed by atoms with van der Waals surface area (Å²) in [6.45, 7) is 7.91. The minimum Gasteiger partial charge on any atom is -0.321 e. The molecule has 0 spiro atoms. The highest BCUT2D eigenvalue weighted by atomic mass is 16.2. The highest BCUT2D eigenvalue weighted by Crippen LogP contribution is 2.33. The molecule has 2 amide bonds. The van der Waals surface area contributed by atoms with Crippen LogP contribution in [0, 0.1) is 5.41 Å². The molecular formula is C17H22N2O2. The Kier molecular flexibility index (Phi) is 3.90. The molecule has 1 heterocycles. The molecule has 0 fully saturated rings. The van der Waals surface area contributed by atoms with Crippen molar-refractivity contribution in [2.24, 2.45) is 5.41 Å². The molecular weight excluding hydrogens is 264 g/mol. The van der Waals surface area contributed by atoms with Crippen LogP contribution in [-0.4, -0.2) is 34.8 Å². The molecule has 112 valence electrons. The number of hydrogen-bond donors (Lipinski definition) is 0. The van der Waals surface area contributed by atoms with Gasteiger partial charge in [0.15, 0.2) is 0 Å². The Morgan fingerprint density at radius 1 is 1.14 bits per heavy atom. The maximum atomic E-state index is 12.9. The lowest BCUT2D eigenvalue weighted by molar-refractivity contribution is -0.134. The first-order chi connectivity index (χ1) is 9.73. The molecule has 4 nitrogen and oxygen atoms in total. The van der Waals surface area contributed by atoms with Crippen molar-refractivity contribution in [1.29, 1.82) is 0 Å². The van der Waals surface area contributed by atoms with Gasteiger partial charge in [-0.25, -0.2) is 0 Å². The Morgan fingerprint density at radius 2 is 1.71 bits per heavy atom. The zero-order valence-corrected chi connectivity index (χ0v) is 13.3. The van der Waals surface area contributed by atoms with Crippen LogP contribution in [0.15, 0.2) is 42.1 Å². The molecule has 0 aromatic heterocycles. The van der Waals surface area contributed by atoms with Gasteiger partial charge in [0.25, 0.3) is 5.91 Å². The van der Waals surface area contributed by atoms with Crippen LogP contribution in [0.4, 0.5) is 0 Å². The molecule has 0 bridgehead atoms. The molecule has 0 saturated heterocycles. The Balaban J connectivity index is 2.49. The van der Waals surface area contributed by atoms with E-state index in [2.05, 4.69) is 0 Å². The van der Waals surface area contributed by atoms with Gasteiger partial charge in [-0.05, 0) is 19.1 Å². The zero-order chi connectivity index (χ0) is 15.8. The Morgan fingerprint density at radius 3 is 2.24 bits per heavy atom. The number of allylic oxidation sites excluding steroid dienone is 1. The highest BCUT2D eigenvalue weighted by Gasteiger charge is 2.41. The first-order valence-electron chi connectivity index (χ1n) is 7.07. The second-order valence-corrected chi connectivity index (χ2v) is 6.52. The largest absolute Gasteiger partial charge is 0.321 e. The quantitative estimate of drug-likeness (QED) is 0.796. The summed E-state index contributed by atoms with van der Waals surface area (Å²) in [7, 11) is 1.74. The van der Waals surface area contributed by atoms with Crippen LogP contribution in [0.25, 0.3) is 0 Å². The second kappa shape index (κ2) is 5.35. The van der Waals surface area contributed by atoms with E-state index >= 15 is 0 Å². The van der Waals surface area contributed by atoms with Crippen LogP contribution < -0.4 is 0 Å². The molecule has 1 aromatic rings. The van der Waals surface area contributed by atoms with Crippen molar-refractivity contribution in [2.75, 3.05) is 7.05 Å². The third-order valence-corrected chi connectivity index (χ3v) is 3.69. The predicted octanol–water partition coefficient (Wildman–Crippen LogP) is 2.88. The first kappa shape index (κ1) is 15.3. The molecule has 0 aliphatic carbocycles. The van der Waals surface area contributed by atoms with Crippen LogP contribution in [0.3, 0.4) is 0 Å². The van der Waals surface area contributed by atoms with Crippen molar-refractivity contribution in [1.82, 2.24) is 9.80 Å². The summed E-state index contributed by atoms with van der Waals surface area (Å²) in [4.78, 5) is 28.3. The molecule has 0 unspecified atom stereocenters. The predicted molar refractivity (Wildman–Crippen MR) is 82.4 cm³/mol. The Bertz CT molecular complexity index is 585. The van der Waals surface area contributed by atoms with Gasteiger partial charge in [-0.15, -0.1) is 0 Å². The lowest BCUT2D eigenvalue weighted by Crippen LogP contribution is -2.59. The van der Waals surface area contributed by atoms with Crippen molar-refractivity contribution in [3.8, 4) is 0 Å². The Hall–Kier alpha value is -2.10. The van der Waals surface area contributed by atoms with Crippen LogP contribution in [-0.2, 0) is 4.79 Å². The van der Waals surface area contributed by atoms with Gasteiger partial charge in [-0.3, -0.25) is 14.5 Å². The molecule has 1 atom stereocenters. The second-order valence-electron chi connectivity index (χ2n) is 6.52. The maximum absolute atomic E-state index is 12.9. The lowest BCUT2D eigenvalue weighted by atomic mass is 9.88. The standard InChI is InChI=1S/C17H22N2O2/c1-12-11-14(20)18(5)16(17(2,3)4)19(12)15(21)13-9-7-6-8-10-13/h6-11,16H,1-5H3/t16-/m0/s1. The molecule has 0 radical (unpaired) electrons. The van der Waals surface area contributed by atoms with Crippen LogP contribution in [0.5, 0.6) is 0 Å². The summed E-state index contributed by atoms with van der Waals surface area (Å²) in [5.74, 6) is -0.145. The lowest BCUT2D eigenvalue weighted by Gasteiger charge is -2.47. The van der Waals surface area contributed by atoms with Crippen LogP contribution in [0.1, 0.15) is 38.1 Å². The average Bonchev–Trinajstić information content (AvgIpc) is 2.41. The summed E-state index contributed by atoms with van der Waals surface area (Å²) in [6, 6.07) is 9.17. The maximum Gasteiger partial charge on any atom is 0.259 e. The van der Waals surface area contributed by atoms with Gasteiger partial charge in [0.05, 0.1) is 0 Å². The number of carbonyl (C=O) groups is 2. The van der Waals surface area contributed by atoms with Gasteiger partial charge in [0.2, 0.25) is 5.91 Å². The average molecular weight is 286 g/mol. The number of hydrogen-bond acceptors (Lipinski definition) is 2. The van der Waals surface area contributed by atoms with E-state index in [1.807, 2.05) is 45.9 Å². The Labute approximate surface area is 126 Å². The smallest absolute Gasteiger partial charge is 0.259 e. The summed E-state index contributed by atoms with van der Waals surface area (Å²) in [6.07, 6.45) is 1.21. The van der Waals surface area contributed by atoms with Crippen molar-refractivity contribution in [2.45, 2.75) is 33.9 Å². The zero-order valence-electron chi connectivity index (χ0n) is 13.3. The molecule has 1 aromatic carbocycles. The van der Waals surface area contributed by atoms with Crippen molar-refractivity contribution in [3.05, 3.63) is 47.7 Å². The minimum atomic E-state index is -0.303. The number of benzene rings is 1. The first-order valence-corrected chi connectivity index (χ1v) is 7.07. The van der Waals surface area contributed by atoms with Gasteiger partial charge >= 0.3 is 0 Å². The van der Waals surface area contributed by atoms with Crippen LogP contribution >= 0.6 is 0 Å². The summed E-state index contributed by atoms with van der Waals surface area (Å²) in [5, 5.41) is 0. The number of amides is 2. The highest BCUT2D eigenvalue weighted by molar-refractivity contribution is 5.98. The summed E-state index contributed by atoms with van der Waals surface area (Å²) in [5.41, 5.74) is 1.07. The van der Waals surface area contributed by atoms with Crippen molar-refractivity contribution < 1.29 is 9.59 Å². The normalized spacial score (nSPS) is 19.6.